The molecular weight excluding hydrogens is 192 g/mol. The Hall–Kier alpha value is -0.770. The average molecular weight is 212 g/mol. The van der Waals surface area contributed by atoms with E-state index in [9.17, 15) is 4.79 Å². The molecule has 3 rings (SSSR count). The highest BCUT2D eigenvalue weighted by Gasteiger charge is 2.37. The fourth-order valence-corrected chi connectivity index (χ4v) is 2.68. The van der Waals surface area contributed by atoms with Crippen LogP contribution in [0.15, 0.2) is 0 Å². The van der Waals surface area contributed by atoms with Gasteiger partial charge in [-0.25, -0.2) is 4.79 Å². The molecule has 0 radical (unpaired) electrons. The quantitative estimate of drug-likeness (QED) is 0.695. The topological polar surface area (TPSA) is 32.8 Å². The Kier molecular flexibility index (Phi) is 3.14. The van der Waals surface area contributed by atoms with Gasteiger partial charge in [0, 0.05) is 20.1 Å². The van der Waals surface area contributed by atoms with Gasteiger partial charge in [-0.3, -0.25) is 9.80 Å². The minimum absolute atomic E-state index is 0.185. The summed E-state index contributed by atoms with van der Waals surface area (Å²) >= 11 is 0. The lowest BCUT2D eigenvalue weighted by atomic mass is 9.86. The molecule has 0 saturated carbocycles. The summed E-state index contributed by atoms with van der Waals surface area (Å²) in [4.78, 5) is 15.8. The van der Waals surface area contributed by atoms with Crippen molar-refractivity contribution >= 4 is 6.09 Å². The van der Waals surface area contributed by atoms with Crippen LogP contribution in [0.25, 0.3) is 0 Å². The van der Waals surface area contributed by atoms with Gasteiger partial charge in [0.05, 0.1) is 12.8 Å². The molecule has 3 aliphatic heterocycles. The Bertz CT molecular complexity index is 237. The summed E-state index contributed by atoms with van der Waals surface area (Å²) in [6.07, 6.45) is 3.81. The van der Waals surface area contributed by atoms with E-state index >= 15 is 0 Å². The molecule has 2 bridgehead atoms. The number of nitrogens with zero attached hydrogens (tertiary/aromatic N) is 2. The maximum atomic E-state index is 11.6. The summed E-state index contributed by atoms with van der Waals surface area (Å²) in [5.41, 5.74) is 0. The highest BCUT2D eigenvalue weighted by Crippen LogP contribution is 2.32. The van der Waals surface area contributed by atoms with Crippen LogP contribution in [0.5, 0.6) is 0 Å². The zero-order chi connectivity index (χ0) is 10.8. The van der Waals surface area contributed by atoms with Crippen LogP contribution in [-0.2, 0) is 4.74 Å². The Morgan fingerprint density at radius 2 is 2.13 bits per heavy atom. The standard InChI is InChI=1S/C11H20N2O2/c1-3-15-11(14)12(2)10-8-9-4-6-13(10)7-5-9/h9-10H,3-8H2,1-2H3. The molecule has 0 aromatic carbocycles. The fraction of sp³-hybridized carbons (Fsp3) is 0.909. The third-order valence-corrected chi connectivity index (χ3v) is 3.62. The number of piperidine rings is 3. The van der Waals surface area contributed by atoms with Gasteiger partial charge < -0.3 is 4.74 Å². The number of carbonyl (C=O) groups is 1. The van der Waals surface area contributed by atoms with Crippen LogP contribution in [0.4, 0.5) is 4.79 Å². The smallest absolute Gasteiger partial charge is 0.410 e. The van der Waals surface area contributed by atoms with E-state index in [1.165, 1.54) is 12.8 Å². The monoisotopic (exact) mass is 212 g/mol. The summed E-state index contributed by atoms with van der Waals surface area (Å²) in [7, 11) is 1.85. The minimum atomic E-state index is -0.185. The van der Waals surface area contributed by atoms with Crippen LogP contribution >= 0.6 is 0 Å². The molecule has 1 atom stereocenters. The molecule has 0 aromatic rings. The Balaban J connectivity index is 1.95. The van der Waals surface area contributed by atoms with E-state index in [0.717, 1.165) is 25.4 Å². The van der Waals surface area contributed by atoms with Crippen molar-refractivity contribution in [3.8, 4) is 0 Å². The molecule has 86 valence electrons. The summed E-state index contributed by atoms with van der Waals surface area (Å²) in [5, 5.41) is 0. The average Bonchev–Trinajstić information content (AvgIpc) is 2.30. The Morgan fingerprint density at radius 3 is 2.60 bits per heavy atom. The third kappa shape index (κ3) is 2.09. The SMILES string of the molecule is CCOC(=O)N(C)C1CC2CCN1CC2. The second kappa shape index (κ2) is 4.39. The van der Waals surface area contributed by atoms with Gasteiger partial charge in [0.1, 0.15) is 0 Å². The normalized spacial score (nSPS) is 33.9. The predicted octanol–water partition coefficient (Wildman–Crippen LogP) is 1.52. The number of fused-ring (bicyclic) bond motifs is 3. The zero-order valence-corrected chi connectivity index (χ0v) is 9.61. The van der Waals surface area contributed by atoms with Gasteiger partial charge in [-0.05, 0) is 32.1 Å². The molecule has 4 nitrogen and oxygen atoms in total. The van der Waals surface area contributed by atoms with Crippen LogP contribution in [0, 0.1) is 5.92 Å². The van der Waals surface area contributed by atoms with Crippen molar-refractivity contribution in [2.24, 2.45) is 5.92 Å². The van der Waals surface area contributed by atoms with Gasteiger partial charge in [-0.1, -0.05) is 0 Å². The van der Waals surface area contributed by atoms with Crippen molar-refractivity contribution in [1.82, 2.24) is 9.80 Å². The lowest BCUT2D eigenvalue weighted by Gasteiger charge is -2.48. The van der Waals surface area contributed by atoms with E-state index in [1.54, 1.807) is 4.90 Å². The maximum Gasteiger partial charge on any atom is 0.410 e. The summed E-state index contributed by atoms with van der Waals surface area (Å²) < 4.78 is 5.02. The molecule has 3 fully saturated rings. The van der Waals surface area contributed by atoms with Crippen molar-refractivity contribution in [2.45, 2.75) is 32.4 Å². The van der Waals surface area contributed by atoms with Gasteiger partial charge in [0.15, 0.2) is 0 Å². The van der Waals surface area contributed by atoms with Crippen molar-refractivity contribution in [2.75, 3.05) is 26.7 Å². The molecule has 0 aliphatic carbocycles. The summed E-state index contributed by atoms with van der Waals surface area (Å²) in [6.45, 7) is 4.58. The van der Waals surface area contributed by atoms with E-state index in [2.05, 4.69) is 4.90 Å². The van der Waals surface area contributed by atoms with Gasteiger partial charge in [-0.15, -0.1) is 0 Å². The molecule has 15 heavy (non-hydrogen) atoms. The zero-order valence-electron chi connectivity index (χ0n) is 9.61. The third-order valence-electron chi connectivity index (χ3n) is 3.62. The summed E-state index contributed by atoms with van der Waals surface area (Å²) in [5.74, 6) is 0.817. The first-order chi connectivity index (χ1) is 7.22. The van der Waals surface area contributed by atoms with Crippen LogP contribution in [0.1, 0.15) is 26.2 Å². The second-order valence-corrected chi connectivity index (χ2v) is 4.51. The molecular formula is C11H20N2O2. The predicted molar refractivity (Wildman–Crippen MR) is 57.5 cm³/mol. The molecule has 3 aliphatic rings. The first-order valence-electron chi connectivity index (χ1n) is 5.86. The van der Waals surface area contributed by atoms with Crippen molar-refractivity contribution in [3.05, 3.63) is 0 Å². The first-order valence-corrected chi connectivity index (χ1v) is 5.86. The van der Waals surface area contributed by atoms with Crippen LogP contribution in [0.3, 0.4) is 0 Å². The Labute approximate surface area is 91.2 Å². The molecule has 0 aromatic heterocycles. The van der Waals surface area contributed by atoms with E-state index in [-0.39, 0.29) is 12.3 Å². The maximum absolute atomic E-state index is 11.6. The van der Waals surface area contributed by atoms with Gasteiger partial charge in [-0.2, -0.15) is 0 Å². The lowest BCUT2D eigenvalue weighted by Crippen LogP contribution is -2.57. The Morgan fingerprint density at radius 1 is 1.47 bits per heavy atom. The molecule has 4 heteroatoms. The van der Waals surface area contributed by atoms with Crippen molar-refractivity contribution in [1.29, 1.82) is 0 Å². The molecule has 3 saturated heterocycles. The molecule has 3 heterocycles. The number of carbonyl (C=O) groups excluding carboxylic acids is 1. The van der Waals surface area contributed by atoms with Crippen LogP contribution in [0.2, 0.25) is 0 Å². The number of ether oxygens (including phenoxy) is 1. The number of hydrogen-bond donors (Lipinski definition) is 0. The molecule has 0 N–H and O–H groups in total. The summed E-state index contributed by atoms with van der Waals surface area (Å²) in [6, 6.07) is 0. The second-order valence-electron chi connectivity index (χ2n) is 4.51. The van der Waals surface area contributed by atoms with Crippen molar-refractivity contribution < 1.29 is 9.53 Å². The number of amides is 1. The lowest BCUT2D eigenvalue weighted by molar-refractivity contribution is -0.0298. The molecule has 1 unspecified atom stereocenters. The fourth-order valence-electron chi connectivity index (χ4n) is 2.68. The van der Waals surface area contributed by atoms with E-state index in [4.69, 9.17) is 4.74 Å². The van der Waals surface area contributed by atoms with E-state index in [0.29, 0.717) is 6.61 Å². The highest BCUT2D eigenvalue weighted by molar-refractivity contribution is 5.67. The number of rotatable bonds is 2. The van der Waals surface area contributed by atoms with Crippen molar-refractivity contribution in [3.63, 3.8) is 0 Å². The van der Waals surface area contributed by atoms with Gasteiger partial charge in [0.2, 0.25) is 0 Å². The molecule has 0 spiro atoms. The minimum Gasteiger partial charge on any atom is -0.450 e. The first kappa shape index (κ1) is 10.7. The van der Waals surface area contributed by atoms with Gasteiger partial charge >= 0.3 is 6.09 Å². The van der Waals surface area contributed by atoms with Crippen LogP contribution < -0.4 is 0 Å². The van der Waals surface area contributed by atoms with Gasteiger partial charge in [0.25, 0.3) is 0 Å². The molecule has 1 amide bonds. The number of hydrogen-bond acceptors (Lipinski definition) is 3. The largest absolute Gasteiger partial charge is 0.450 e. The van der Waals surface area contributed by atoms with Crippen LogP contribution in [-0.4, -0.2) is 48.8 Å². The highest BCUT2D eigenvalue weighted by atomic mass is 16.6. The van der Waals surface area contributed by atoms with E-state index < -0.39 is 0 Å². The van der Waals surface area contributed by atoms with E-state index in [1.807, 2.05) is 14.0 Å².